The van der Waals surface area contributed by atoms with Crippen LogP contribution in [0.5, 0.6) is 17.2 Å². The second kappa shape index (κ2) is 9.89. The molecule has 2 N–H and O–H groups in total. The number of aromatic amines is 1. The predicted octanol–water partition coefficient (Wildman–Crippen LogP) is 5.31. The molecule has 180 valence electrons. The monoisotopic (exact) mass is 473 g/mol. The molecule has 0 radical (unpaired) electrons. The van der Waals surface area contributed by atoms with Crippen molar-refractivity contribution in [1.82, 2.24) is 15.0 Å². The van der Waals surface area contributed by atoms with Crippen LogP contribution in [0.25, 0.3) is 33.9 Å². The van der Waals surface area contributed by atoms with E-state index in [1.165, 1.54) is 0 Å². The molecule has 0 spiro atoms. The summed E-state index contributed by atoms with van der Waals surface area (Å²) in [6.07, 6.45) is 3.53. The lowest BCUT2D eigenvalue weighted by molar-refractivity contribution is -0.148. The number of aliphatic carboxylic acids is 1. The van der Waals surface area contributed by atoms with Gasteiger partial charge in [0.15, 0.2) is 0 Å². The number of aromatic nitrogens is 3. The Kier molecular flexibility index (Phi) is 6.73. The SMILES string of the molecule is COc1ccc(-c2cnc(-c3ccc(-c4ccc(OCC(C)(C)C(=O)O)cc4)nc3)[nH]2)c(OC)c1. The lowest BCUT2D eigenvalue weighted by atomic mass is 9.95. The zero-order chi connectivity index (χ0) is 25.0. The number of hydrogen-bond donors (Lipinski definition) is 2. The molecule has 8 nitrogen and oxygen atoms in total. The van der Waals surface area contributed by atoms with Crippen molar-refractivity contribution in [1.29, 1.82) is 0 Å². The third-order valence-corrected chi connectivity index (χ3v) is 5.64. The van der Waals surface area contributed by atoms with Crippen LogP contribution in [0.1, 0.15) is 13.8 Å². The lowest BCUT2D eigenvalue weighted by Crippen LogP contribution is -2.30. The fourth-order valence-corrected chi connectivity index (χ4v) is 3.38. The van der Waals surface area contributed by atoms with Crippen LogP contribution in [0.4, 0.5) is 0 Å². The number of ether oxygens (including phenoxy) is 3. The highest BCUT2D eigenvalue weighted by molar-refractivity contribution is 5.74. The molecule has 8 heteroatoms. The summed E-state index contributed by atoms with van der Waals surface area (Å²) in [7, 11) is 3.23. The second-order valence-corrected chi connectivity index (χ2v) is 8.65. The lowest BCUT2D eigenvalue weighted by Gasteiger charge is -2.19. The van der Waals surface area contributed by atoms with Crippen LogP contribution in [-0.4, -0.2) is 46.9 Å². The van der Waals surface area contributed by atoms with Gasteiger partial charge in [-0.15, -0.1) is 0 Å². The van der Waals surface area contributed by atoms with E-state index < -0.39 is 11.4 Å². The Balaban J connectivity index is 1.47. The van der Waals surface area contributed by atoms with Crippen molar-refractivity contribution in [2.75, 3.05) is 20.8 Å². The number of methoxy groups -OCH3 is 2. The molecule has 0 saturated heterocycles. The first-order valence-corrected chi connectivity index (χ1v) is 11.0. The zero-order valence-corrected chi connectivity index (χ0v) is 20.0. The number of benzene rings is 2. The van der Waals surface area contributed by atoms with Crippen LogP contribution < -0.4 is 14.2 Å². The number of carboxylic acids is 1. The summed E-state index contributed by atoms with van der Waals surface area (Å²) in [5.41, 5.74) is 3.32. The molecule has 0 bridgehead atoms. The average Bonchev–Trinajstić information content (AvgIpc) is 3.37. The first-order valence-electron chi connectivity index (χ1n) is 11.0. The minimum Gasteiger partial charge on any atom is -0.497 e. The molecule has 35 heavy (non-hydrogen) atoms. The van der Waals surface area contributed by atoms with Gasteiger partial charge < -0.3 is 24.3 Å². The van der Waals surface area contributed by atoms with E-state index in [1.807, 2.05) is 54.6 Å². The Morgan fingerprint density at radius 2 is 1.63 bits per heavy atom. The number of pyridine rings is 1. The number of H-pyrrole nitrogens is 1. The quantitative estimate of drug-likeness (QED) is 0.339. The molecule has 0 aliphatic rings. The maximum absolute atomic E-state index is 11.2. The van der Waals surface area contributed by atoms with E-state index in [0.717, 1.165) is 28.1 Å². The van der Waals surface area contributed by atoms with Crippen molar-refractivity contribution in [3.05, 3.63) is 67.0 Å². The number of imidazole rings is 1. The number of hydrogen-bond acceptors (Lipinski definition) is 6. The zero-order valence-electron chi connectivity index (χ0n) is 20.0. The fraction of sp³-hybridized carbons (Fsp3) is 0.222. The van der Waals surface area contributed by atoms with Gasteiger partial charge >= 0.3 is 5.97 Å². The van der Waals surface area contributed by atoms with Gasteiger partial charge in [-0.2, -0.15) is 0 Å². The van der Waals surface area contributed by atoms with Gasteiger partial charge in [0.25, 0.3) is 0 Å². The van der Waals surface area contributed by atoms with E-state index in [1.54, 1.807) is 40.5 Å². The molecule has 2 aromatic carbocycles. The third-order valence-electron chi connectivity index (χ3n) is 5.64. The van der Waals surface area contributed by atoms with Crippen LogP contribution in [-0.2, 0) is 4.79 Å². The van der Waals surface area contributed by atoms with Gasteiger partial charge in [-0.05, 0) is 62.4 Å². The van der Waals surface area contributed by atoms with Crippen molar-refractivity contribution < 1.29 is 24.1 Å². The van der Waals surface area contributed by atoms with Crippen molar-refractivity contribution >= 4 is 5.97 Å². The molecule has 0 amide bonds. The number of carbonyl (C=O) groups is 1. The number of nitrogens with one attached hydrogen (secondary N) is 1. The van der Waals surface area contributed by atoms with Crippen LogP contribution in [0.15, 0.2) is 67.0 Å². The molecule has 4 aromatic rings. The summed E-state index contributed by atoms with van der Waals surface area (Å²) in [6, 6.07) is 16.9. The summed E-state index contributed by atoms with van der Waals surface area (Å²) in [5, 5.41) is 9.21. The molecular weight excluding hydrogens is 446 g/mol. The van der Waals surface area contributed by atoms with Gasteiger partial charge in [-0.1, -0.05) is 0 Å². The molecule has 0 aliphatic heterocycles. The van der Waals surface area contributed by atoms with E-state index in [0.29, 0.717) is 23.1 Å². The van der Waals surface area contributed by atoms with Crippen LogP contribution in [0.2, 0.25) is 0 Å². The fourth-order valence-electron chi connectivity index (χ4n) is 3.38. The van der Waals surface area contributed by atoms with Gasteiger partial charge in [0.1, 0.15) is 29.7 Å². The smallest absolute Gasteiger partial charge is 0.312 e. The molecule has 0 unspecified atom stereocenters. The first kappa shape index (κ1) is 23.8. The van der Waals surface area contributed by atoms with Gasteiger partial charge in [-0.25, -0.2) is 4.98 Å². The Morgan fingerprint density at radius 1 is 0.914 bits per heavy atom. The van der Waals surface area contributed by atoms with Crippen LogP contribution >= 0.6 is 0 Å². The molecule has 0 atom stereocenters. The van der Waals surface area contributed by atoms with Crippen LogP contribution in [0.3, 0.4) is 0 Å². The summed E-state index contributed by atoms with van der Waals surface area (Å²) in [5.74, 6) is 1.81. The molecular formula is C27H27N3O5. The van der Waals surface area contributed by atoms with Gasteiger partial charge in [0, 0.05) is 29.0 Å². The Labute approximate surface area is 203 Å². The van der Waals surface area contributed by atoms with E-state index in [2.05, 4.69) is 15.0 Å². The normalized spacial score (nSPS) is 11.2. The minimum atomic E-state index is -0.958. The number of rotatable bonds is 9. The number of carboxylic acid groups (broad SMARTS) is 1. The summed E-state index contributed by atoms with van der Waals surface area (Å²) < 4.78 is 16.4. The van der Waals surface area contributed by atoms with E-state index >= 15 is 0 Å². The van der Waals surface area contributed by atoms with Crippen LogP contribution in [0, 0.1) is 5.41 Å². The standard InChI is InChI=1S/C27H27N3O5/c1-27(2,26(31)32)16-35-19-8-5-17(6-9-19)22-12-7-18(14-28-22)25-29-15-23(30-25)21-11-10-20(33-3)13-24(21)34-4/h5-15H,16H2,1-4H3,(H,29,30)(H,31,32). The summed E-state index contributed by atoms with van der Waals surface area (Å²) in [6.45, 7) is 3.34. The van der Waals surface area contributed by atoms with E-state index in [-0.39, 0.29) is 6.61 Å². The van der Waals surface area contributed by atoms with E-state index in [4.69, 9.17) is 14.2 Å². The van der Waals surface area contributed by atoms with Crippen molar-refractivity contribution in [2.24, 2.45) is 5.41 Å². The van der Waals surface area contributed by atoms with Crippen molar-refractivity contribution in [2.45, 2.75) is 13.8 Å². The Hall–Kier alpha value is -4.33. The molecule has 2 heterocycles. The molecule has 0 saturated carbocycles. The highest BCUT2D eigenvalue weighted by Gasteiger charge is 2.28. The average molecular weight is 474 g/mol. The topological polar surface area (TPSA) is 107 Å². The Morgan fingerprint density at radius 3 is 2.26 bits per heavy atom. The number of nitrogens with zero attached hydrogens (tertiary/aromatic N) is 2. The summed E-state index contributed by atoms with van der Waals surface area (Å²) >= 11 is 0. The van der Waals surface area contributed by atoms with Crippen molar-refractivity contribution in [3.63, 3.8) is 0 Å². The first-order chi connectivity index (χ1) is 16.8. The second-order valence-electron chi connectivity index (χ2n) is 8.65. The van der Waals surface area contributed by atoms with Gasteiger partial charge in [-0.3, -0.25) is 9.78 Å². The summed E-state index contributed by atoms with van der Waals surface area (Å²) in [4.78, 5) is 23.6. The molecule has 2 aromatic heterocycles. The van der Waals surface area contributed by atoms with Crippen molar-refractivity contribution in [3.8, 4) is 51.2 Å². The maximum atomic E-state index is 11.2. The maximum Gasteiger partial charge on any atom is 0.312 e. The molecule has 0 aliphatic carbocycles. The van der Waals surface area contributed by atoms with Gasteiger partial charge in [0.2, 0.25) is 0 Å². The molecule has 4 rings (SSSR count). The van der Waals surface area contributed by atoms with Gasteiger partial charge in [0.05, 0.1) is 37.2 Å². The minimum absolute atomic E-state index is 0.0855. The third kappa shape index (κ3) is 5.27. The highest BCUT2D eigenvalue weighted by Crippen LogP contribution is 2.33. The molecule has 0 fully saturated rings. The van der Waals surface area contributed by atoms with E-state index in [9.17, 15) is 9.90 Å². The predicted molar refractivity (Wildman–Crippen MR) is 133 cm³/mol. The highest BCUT2D eigenvalue weighted by atomic mass is 16.5. The largest absolute Gasteiger partial charge is 0.497 e. The Bertz CT molecular complexity index is 1310.